The Morgan fingerprint density at radius 3 is 2.38 bits per heavy atom. The van der Waals surface area contributed by atoms with Gasteiger partial charge >= 0.3 is 0 Å². The largest absolute Gasteiger partial charge is 0.394 e. The Kier molecular flexibility index (Phi) is 4.36. The minimum absolute atomic E-state index is 0.128. The molecule has 2 nitrogen and oxygen atoms in total. The molecule has 0 fully saturated rings. The number of halogens is 2. The van der Waals surface area contributed by atoms with Gasteiger partial charge in [0, 0.05) is 21.6 Å². The first-order valence-electron chi connectivity index (χ1n) is 6.98. The topological polar surface area (TPSA) is 32.3 Å². The minimum Gasteiger partial charge on any atom is -0.394 e. The number of nitrogens with one attached hydrogen (secondary N) is 1. The van der Waals surface area contributed by atoms with Crippen LogP contribution in [0.2, 0.25) is 5.02 Å². The van der Waals surface area contributed by atoms with Crippen molar-refractivity contribution in [3.05, 3.63) is 68.7 Å². The smallest absolute Gasteiger partial charge is 0.0619 e. The average Bonchev–Trinajstić information content (AvgIpc) is 2.83. The van der Waals surface area contributed by atoms with Gasteiger partial charge in [-0.05, 0) is 47.7 Å². The lowest BCUT2D eigenvalue weighted by Crippen LogP contribution is -2.49. The van der Waals surface area contributed by atoms with E-state index < -0.39 is 0 Å². The van der Waals surface area contributed by atoms with Crippen molar-refractivity contribution in [3.63, 3.8) is 0 Å². The van der Waals surface area contributed by atoms with Crippen LogP contribution in [-0.2, 0) is 19.4 Å². The zero-order valence-electron chi connectivity index (χ0n) is 11.6. The first-order chi connectivity index (χ1) is 10.1. The fraction of sp³-hybridized carbons (Fsp3) is 0.294. The van der Waals surface area contributed by atoms with E-state index >= 15 is 0 Å². The van der Waals surface area contributed by atoms with Crippen molar-refractivity contribution in [1.82, 2.24) is 5.32 Å². The predicted molar refractivity (Wildman–Crippen MR) is 89.7 cm³/mol. The van der Waals surface area contributed by atoms with Crippen LogP contribution in [0.5, 0.6) is 0 Å². The first kappa shape index (κ1) is 15.0. The summed E-state index contributed by atoms with van der Waals surface area (Å²) in [5.74, 6) is 0. The van der Waals surface area contributed by atoms with Crippen LogP contribution >= 0.6 is 27.5 Å². The Balaban J connectivity index is 1.74. The molecule has 0 unspecified atom stereocenters. The lowest BCUT2D eigenvalue weighted by Gasteiger charge is -2.28. The van der Waals surface area contributed by atoms with Gasteiger partial charge in [0.1, 0.15) is 0 Å². The van der Waals surface area contributed by atoms with Crippen LogP contribution < -0.4 is 5.32 Å². The SMILES string of the molecule is OCC1(NCc2cc(Cl)cc(Br)c2)Cc2ccccc2C1. The summed E-state index contributed by atoms with van der Waals surface area (Å²) in [7, 11) is 0. The molecule has 0 aliphatic heterocycles. The quantitative estimate of drug-likeness (QED) is 0.864. The highest BCUT2D eigenvalue weighted by atomic mass is 79.9. The molecule has 21 heavy (non-hydrogen) atoms. The van der Waals surface area contributed by atoms with E-state index in [0.29, 0.717) is 11.6 Å². The molecule has 0 amide bonds. The third-order valence-corrected chi connectivity index (χ3v) is 4.74. The molecule has 0 radical (unpaired) electrons. The number of hydrogen-bond donors (Lipinski definition) is 2. The molecule has 0 bridgehead atoms. The summed E-state index contributed by atoms with van der Waals surface area (Å²) in [6.07, 6.45) is 1.73. The van der Waals surface area contributed by atoms with Gasteiger partial charge in [-0.3, -0.25) is 0 Å². The number of rotatable bonds is 4. The van der Waals surface area contributed by atoms with Crippen molar-refractivity contribution in [1.29, 1.82) is 0 Å². The third kappa shape index (κ3) is 3.32. The molecule has 1 aliphatic carbocycles. The zero-order chi connectivity index (χ0) is 14.9. The van der Waals surface area contributed by atoms with Crippen LogP contribution in [0.25, 0.3) is 0 Å². The monoisotopic (exact) mass is 365 g/mol. The molecule has 2 N–H and O–H groups in total. The highest BCUT2D eigenvalue weighted by Gasteiger charge is 2.35. The van der Waals surface area contributed by atoms with Crippen LogP contribution in [0.15, 0.2) is 46.9 Å². The molecular formula is C17H17BrClNO. The van der Waals surface area contributed by atoms with Gasteiger partial charge in [0.2, 0.25) is 0 Å². The summed E-state index contributed by atoms with van der Waals surface area (Å²) < 4.78 is 0.972. The molecule has 0 saturated carbocycles. The normalized spacial score (nSPS) is 16.0. The van der Waals surface area contributed by atoms with Gasteiger partial charge in [-0.15, -0.1) is 0 Å². The molecule has 0 aromatic heterocycles. The number of hydrogen-bond acceptors (Lipinski definition) is 2. The van der Waals surface area contributed by atoms with Gasteiger partial charge in [0.15, 0.2) is 0 Å². The molecule has 2 aromatic rings. The van der Waals surface area contributed by atoms with E-state index in [1.54, 1.807) is 0 Å². The van der Waals surface area contributed by atoms with Crippen LogP contribution in [-0.4, -0.2) is 17.3 Å². The lowest BCUT2D eigenvalue weighted by molar-refractivity contribution is 0.166. The molecule has 0 saturated heterocycles. The van der Waals surface area contributed by atoms with Crippen molar-refractivity contribution in [3.8, 4) is 0 Å². The fourth-order valence-corrected chi connectivity index (χ4v) is 3.92. The van der Waals surface area contributed by atoms with Gasteiger partial charge in [0.25, 0.3) is 0 Å². The minimum atomic E-state index is -0.265. The molecular weight excluding hydrogens is 350 g/mol. The predicted octanol–water partition coefficient (Wildman–Crippen LogP) is 3.72. The number of benzene rings is 2. The summed E-state index contributed by atoms with van der Waals surface area (Å²) in [4.78, 5) is 0. The molecule has 0 atom stereocenters. The molecule has 0 heterocycles. The Bertz CT molecular complexity index is 614. The first-order valence-corrected chi connectivity index (χ1v) is 8.15. The van der Waals surface area contributed by atoms with Gasteiger partial charge in [-0.1, -0.05) is 51.8 Å². The van der Waals surface area contributed by atoms with Crippen molar-refractivity contribution >= 4 is 27.5 Å². The maximum absolute atomic E-state index is 9.88. The van der Waals surface area contributed by atoms with Crippen LogP contribution in [0.3, 0.4) is 0 Å². The van der Waals surface area contributed by atoms with E-state index in [0.717, 1.165) is 22.9 Å². The van der Waals surface area contributed by atoms with Crippen LogP contribution in [0.4, 0.5) is 0 Å². The van der Waals surface area contributed by atoms with Crippen LogP contribution in [0.1, 0.15) is 16.7 Å². The Morgan fingerprint density at radius 2 is 1.81 bits per heavy atom. The van der Waals surface area contributed by atoms with Crippen molar-refractivity contribution in [2.75, 3.05) is 6.61 Å². The second-order valence-electron chi connectivity index (χ2n) is 5.69. The summed E-state index contributed by atoms with van der Waals surface area (Å²) in [5, 5.41) is 14.1. The lowest BCUT2D eigenvalue weighted by atomic mass is 9.96. The van der Waals surface area contributed by atoms with E-state index in [9.17, 15) is 5.11 Å². The van der Waals surface area contributed by atoms with Gasteiger partial charge < -0.3 is 10.4 Å². The molecule has 2 aromatic carbocycles. The summed E-state index contributed by atoms with van der Waals surface area (Å²) in [6.45, 7) is 0.817. The van der Waals surface area contributed by atoms with E-state index in [2.05, 4.69) is 45.5 Å². The van der Waals surface area contributed by atoms with Gasteiger partial charge in [0.05, 0.1) is 6.61 Å². The Labute approximate surface area is 138 Å². The van der Waals surface area contributed by atoms with E-state index in [4.69, 9.17) is 11.6 Å². The number of aliphatic hydroxyl groups is 1. The highest BCUT2D eigenvalue weighted by molar-refractivity contribution is 9.10. The summed E-state index contributed by atoms with van der Waals surface area (Å²) in [6, 6.07) is 14.3. The van der Waals surface area contributed by atoms with Crippen molar-refractivity contribution in [2.45, 2.75) is 24.9 Å². The van der Waals surface area contributed by atoms with E-state index in [1.807, 2.05) is 18.2 Å². The molecule has 0 spiro atoms. The Morgan fingerprint density at radius 1 is 1.14 bits per heavy atom. The molecule has 110 valence electrons. The van der Waals surface area contributed by atoms with Gasteiger partial charge in [-0.25, -0.2) is 0 Å². The van der Waals surface area contributed by atoms with Gasteiger partial charge in [-0.2, -0.15) is 0 Å². The van der Waals surface area contributed by atoms with Crippen molar-refractivity contribution in [2.24, 2.45) is 0 Å². The maximum Gasteiger partial charge on any atom is 0.0619 e. The second kappa shape index (κ2) is 6.09. The average molecular weight is 367 g/mol. The van der Waals surface area contributed by atoms with E-state index in [1.165, 1.54) is 11.1 Å². The summed E-state index contributed by atoms with van der Waals surface area (Å²) >= 11 is 9.54. The van der Waals surface area contributed by atoms with Crippen LogP contribution in [0, 0.1) is 0 Å². The second-order valence-corrected chi connectivity index (χ2v) is 7.04. The number of fused-ring (bicyclic) bond motifs is 1. The Hall–Kier alpha value is -0.870. The molecule has 3 rings (SSSR count). The number of aliphatic hydroxyl groups excluding tert-OH is 1. The molecule has 4 heteroatoms. The third-order valence-electron chi connectivity index (χ3n) is 4.07. The standard InChI is InChI=1S/C17H17BrClNO/c18-15-5-12(6-16(19)7-15)10-20-17(11-21)8-13-3-1-2-4-14(13)9-17/h1-7,20-21H,8-11H2. The fourth-order valence-electron chi connectivity index (χ4n) is 2.99. The molecule has 1 aliphatic rings. The zero-order valence-corrected chi connectivity index (χ0v) is 13.9. The maximum atomic E-state index is 9.88. The van der Waals surface area contributed by atoms with E-state index in [-0.39, 0.29) is 12.1 Å². The van der Waals surface area contributed by atoms with Crippen molar-refractivity contribution < 1.29 is 5.11 Å². The summed E-state index contributed by atoms with van der Waals surface area (Å²) in [5.41, 5.74) is 3.49. The highest BCUT2D eigenvalue weighted by Crippen LogP contribution is 2.30.